The Morgan fingerprint density at radius 3 is 2.47 bits per heavy atom. The van der Waals surface area contributed by atoms with Crippen LogP contribution in [0.5, 0.6) is 0 Å². The summed E-state index contributed by atoms with van der Waals surface area (Å²) in [5.74, 6) is 0.785. The Balaban J connectivity index is 2.17. The number of nitrogens with one attached hydrogen (secondary N) is 1. The van der Waals surface area contributed by atoms with E-state index in [2.05, 4.69) is 5.32 Å². The third kappa shape index (κ3) is 6.03. The molecule has 3 heteroatoms. The second-order valence-electron chi connectivity index (χ2n) is 4.65. The van der Waals surface area contributed by atoms with Gasteiger partial charge in [-0.2, -0.15) is 0 Å². The van der Waals surface area contributed by atoms with Crippen LogP contribution < -0.4 is 5.32 Å². The van der Waals surface area contributed by atoms with E-state index in [1.807, 2.05) is 6.92 Å². The summed E-state index contributed by atoms with van der Waals surface area (Å²) in [7, 11) is 0. The molecule has 2 nitrogen and oxygen atoms in total. The number of carbonyl (C=O) groups is 1. The highest BCUT2D eigenvalue weighted by Gasteiger charge is 2.15. The number of hydrogen-bond acceptors (Lipinski definition) is 1. The van der Waals surface area contributed by atoms with Crippen molar-refractivity contribution < 1.29 is 4.79 Å². The molecule has 1 fully saturated rings. The largest absolute Gasteiger partial charge is 0.355 e. The lowest BCUT2D eigenvalue weighted by Crippen LogP contribution is -2.30. The van der Waals surface area contributed by atoms with Crippen molar-refractivity contribution in [2.75, 3.05) is 6.54 Å². The van der Waals surface area contributed by atoms with Crippen molar-refractivity contribution in [1.82, 2.24) is 5.32 Å². The second-order valence-corrected chi connectivity index (χ2v) is 5.39. The van der Waals surface area contributed by atoms with Gasteiger partial charge in [0.2, 0.25) is 5.91 Å². The minimum atomic E-state index is 0.0306. The molecule has 1 amide bonds. The lowest BCUT2D eigenvalue weighted by atomic mass is 9.96. The van der Waals surface area contributed by atoms with Crippen molar-refractivity contribution in [1.29, 1.82) is 0 Å². The molecule has 88 valence electrons. The molecule has 1 aliphatic rings. The maximum absolute atomic E-state index is 11.6. The lowest BCUT2D eigenvalue weighted by Gasteiger charge is -2.13. The van der Waals surface area contributed by atoms with Crippen molar-refractivity contribution in [2.45, 2.75) is 57.2 Å². The normalized spacial score (nSPS) is 20.7. The smallest absolute Gasteiger partial charge is 0.220 e. The molecule has 15 heavy (non-hydrogen) atoms. The minimum absolute atomic E-state index is 0.0306. The van der Waals surface area contributed by atoms with Gasteiger partial charge in [0, 0.05) is 18.3 Å². The fraction of sp³-hybridized carbons (Fsp3) is 0.917. The number of carbonyl (C=O) groups excluding carboxylic acids is 1. The Hall–Kier alpha value is -0.240. The average molecular weight is 232 g/mol. The lowest BCUT2D eigenvalue weighted by molar-refractivity contribution is -0.122. The number of rotatable bonds is 4. The Labute approximate surface area is 97.8 Å². The monoisotopic (exact) mass is 231 g/mol. The van der Waals surface area contributed by atoms with Crippen LogP contribution >= 0.6 is 11.6 Å². The average Bonchev–Trinajstić information content (AvgIpc) is 2.43. The van der Waals surface area contributed by atoms with Gasteiger partial charge in [0.25, 0.3) is 0 Å². The zero-order chi connectivity index (χ0) is 11.1. The van der Waals surface area contributed by atoms with E-state index in [1.54, 1.807) is 0 Å². The summed E-state index contributed by atoms with van der Waals surface area (Å²) < 4.78 is 0. The molecule has 0 spiro atoms. The van der Waals surface area contributed by atoms with Gasteiger partial charge in [-0.05, 0) is 25.7 Å². The van der Waals surface area contributed by atoms with Crippen LogP contribution in [0.2, 0.25) is 0 Å². The van der Waals surface area contributed by atoms with Crippen LogP contribution in [0, 0.1) is 5.92 Å². The first-order valence-corrected chi connectivity index (χ1v) is 6.53. The van der Waals surface area contributed by atoms with Gasteiger partial charge < -0.3 is 5.32 Å². The summed E-state index contributed by atoms with van der Waals surface area (Å²) >= 11 is 5.78. The molecule has 0 heterocycles. The summed E-state index contributed by atoms with van der Waals surface area (Å²) in [6.45, 7) is 2.49. The predicted molar refractivity (Wildman–Crippen MR) is 64.1 cm³/mol. The van der Waals surface area contributed by atoms with Crippen LogP contribution in [-0.2, 0) is 4.79 Å². The highest BCUT2D eigenvalue weighted by Crippen LogP contribution is 2.25. The summed E-state index contributed by atoms with van der Waals surface area (Å²) in [4.78, 5) is 11.6. The molecule has 0 aromatic carbocycles. The van der Waals surface area contributed by atoms with E-state index in [1.165, 1.54) is 38.5 Å². The minimum Gasteiger partial charge on any atom is -0.355 e. The van der Waals surface area contributed by atoms with Gasteiger partial charge in [-0.15, -0.1) is 11.6 Å². The van der Waals surface area contributed by atoms with Crippen LogP contribution in [-0.4, -0.2) is 17.8 Å². The number of alkyl halides is 1. The Bertz CT molecular complexity index is 186. The third-order valence-electron chi connectivity index (χ3n) is 3.03. The van der Waals surface area contributed by atoms with E-state index in [4.69, 9.17) is 11.6 Å². The molecule has 1 atom stereocenters. The standard InChI is InChI=1S/C12H22ClNO/c1-10(13)9-14-12(15)8-11-6-4-2-3-5-7-11/h10-11H,2-9H2,1H3,(H,14,15). The summed E-state index contributed by atoms with van der Waals surface area (Å²) in [5, 5.41) is 2.91. The van der Waals surface area contributed by atoms with Crippen molar-refractivity contribution in [2.24, 2.45) is 5.92 Å². The molecular weight excluding hydrogens is 210 g/mol. The maximum Gasteiger partial charge on any atom is 0.220 e. The zero-order valence-electron chi connectivity index (χ0n) is 9.60. The first-order chi connectivity index (χ1) is 7.18. The Kier molecular flexibility index (Phi) is 6.07. The van der Waals surface area contributed by atoms with E-state index in [0.717, 1.165) is 0 Å². The fourth-order valence-corrected chi connectivity index (χ4v) is 2.23. The van der Waals surface area contributed by atoms with Gasteiger partial charge in [0.15, 0.2) is 0 Å². The van der Waals surface area contributed by atoms with Gasteiger partial charge in [0.1, 0.15) is 0 Å². The van der Waals surface area contributed by atoms with Crippen LogP contribution in [0.4, 0.5) is 0 Å². The van der Waals surface area contributed by atoms with E-state index in [9.17, 15) is 4.79 Å². The SMILES string of the molecule is CC(Cl)CNC(=O)CC1CCCCCC1. The number of amides is 1. The second kappa shape index (κ2) is 7.10. The molecule has 1 unspecified atom stereocenters. The maximum atomic E-state index is 11.6. The van der Waals surface area contributed by atoms with E-state index in [0.29, 0.717) is 18.9 Å². The molecule has 1 saturated carbocycles. The summed E-state index contributed by atoms with van der Waals surface area (Å²) in [6.07, 6.45) is 8.43. The van der Waals surface area contributed by atoms with Gasteiger partial charge >= 0.3 is 0 Å². The van der Waals surface area contributed by atoms with Gasteiger partial charge in [0.05, 0.1) is 0 Å². The first-order valence-electron chi connectivity index (χ1n) is 6.09. The molecule has 0 saturated heterocycles. The highest BCUT2D eigenvalue weighted by molar-refractivity contribution is 6.20. The van der Waals surface area contributed by atoms with E-state index < -0.39 is 0 Å². The number of halogens is 1. The van der Waals surface area contributed by atoms with Crippen molar-refractivity contribution in [3.05, 3.63) is 0 Å². The predicted octanol–water partition coefficient (Wildman–Crippen LogP) is 3.09. The molecule has 0 radical (unpaired) electrons. The van der Waals surface area contributed by atoms with Crippen LogP contribution in [0.3, 0.4) is 0 Å². The topological polar surface area (TPSA) is 29.1 Å². The van der Waals surface area contributed by atoms with E-state index >= 15 is 0 Å². The molecule has 0 aromatic rings. The van der Waals surface area contributed by atoms with Gasteiger partial charge in [-0.25, -0.2) is 0 Å². The van der Waals surface area contributed by atoms with Gasteiger partial charge in [-0.1, -0.05) is 25.7 Å². The Morgan fingerprint density at radius 1 is 1.33 bits per heavy atom. The summed E-state index contributed by atoms with van der Waals surface area (Å²) in [6, 6.07) is 0. The quantitative estimate of drug-likeness (QED) is 0.585. The van der Waals surface area contributed by atoms with Gasteiger partial charge in [-0.3, -0.25) is 4.79 Å². The molecule has 1 aliphatic carbocycles. The van der Waals surface area contributed by atoms with Crippen molar-refractivity contribution >= 4 is 17.5 Å². The zero-order valence-corrected chi connectivity index (χ0v) is 10.4. The van der Waals surface area contributed by atoms with Crippen LogP contribution in [0.25, 0.3) is 0 Å². The third-order valence-corrected chi connectivity index (χ3v) is 3.18. The molecule has 0 aromatic heterocycles. The van der Waals surface area contributed by atoms with Crippen molar-refractivity contribution in [3.8, 4) is 0 Å². The first kappa shape index (κ1) is 12.8. The molecule has 1 rings (SSSR count). The molecule has 0 bridgehead atoms. The van der Waals surface area contributed by atoms with Crippen LogP contribution in [0.1, 0.15) is 51.9 Å². The molecule has 1 N–H and O–H groups in total. The number of hydrogen-bond donors (Lipinski definition) is 1. The molecular formula is C12H22ClNO. The highest BCUT2D eigenvalue weighted by atomic mass is 35.5. The summed E-state index contributed by atoms with van der Waals surface area (Å²) in [5.41, 5.74) is 0. The van der Waals surface area contributed by atoms with Crippen molar-refractivity contribution in [3.63, 3.8) is 0 Å². The molecule has 0 aliphatic heterocycles. The fourth-order valence-electron chi connectivity index (χ4n) is 2.16. The van der Waals surface area contributed by atoms with E-state index in [-0.39, 0.29) is 11.3 Å². The Morgan fingerprint density at radius 2 is 1.93 bits per heavy atom. The van der Waals surface area contributed by atoms with Crippen LogP contribution in [0.15, 0.2) is 0 Å².